The molecule has 1 unspecified atom stereocenters. The second kappa shape index (κ2) is 3.93. The minimum absolute atomic E-state index is 0.321. The van der Waals surface area contributed by atoms with Gasteiger partial charge < -0.3 is 0 Å². The van der Waals surface area contributed by atoms with Crippen molar-refractivity contribution in [2.75, 3.05) is 0 Å². The lowest BCUT2D eigenvalue weighted by Crippen LogP contribution is -2.01. The van der Waals surface area contributed by atoms with Crippen LogP contribution in [0.2, 0.25) is 0 Å². The Morgan fingerprint density at radius 1 is 1.60 bits per heavy atom. The van der Waals surface area contributed by atoms with Crippen LogP contribution in [-0.4, -0.2) is 13.0 Å². The Bertz CT molecular complexity index is 171. The van der Waals surface area contributed by atoms with Gasteiger partial charge in [-0.25, -0.2) is 0 Å². The van der Waals surface area contributed by atoms with Gasteiger partial charge in [-0.3, -0.25) is 4.55 Å². The molecule has 0 aromatic heterocycles. The van der Waals surface area contributed by atoms with Crippen LogP contribution in [-0.2, 0) is 10.1 Å². The van der Waals surface area contributed by atoms with Crippen molar-refractivity contribution in [3.8, 4) is 0 Å². The van der Waals surface area contributed by atoms with Crippen LogP contribution in [0.15, 0.2) is 0 Å². The van der Waals surface area contributed by atoms with Crippen molar-refractivity contribution >= 4 is 10.1 Å². The predicted molar refractivity (Wildman–Crippen MR) is 39.9 cm³/mol. The van der Waals surface area contributed by atoms with E-state index < -0.39 is 10.1 Å². The third kappa shape index (κ3) is 6.04. The van der Waals surface area contributed by atoms with Gasteiger partial charge in [0.15, 0.2) is 0 Å². The fourth-order valence-electron chi connectivity index (χ4n) is 0.453. The molecule has 0 saturated carbocycles. The van der Waals surface area contributed by atoms with Crippen LogP contribution in [0.4, 0.5) is 0 Å². The molecule has 0 bridgehead atoms. The Morgan fingerprint density at radius 2 is 2.10 bits per heavy atom. The molecule has 0 spiro atoms. The topological polar surface area (TPSA) is 54.4 Å². The Balaban J connectivity index is 3.56. The van der Waals surface area contributed by atoms with Gasteiger partial charge >= 0.3 is 0 Å². The van der Waals surface area contributed by atoms with E-state index in [0.717, 1.165) is 12.2 Å². The van der Waals surface area contributed by atoms with Crippen molar-refractivity contribution in [1.82, 2.24) is 0 Å². The minimum atomic E-state index is -3.85. The highest BCUT2D eigenvalue weighted by molar-refractivity contribution is 7.87. The number of rotatable bonds is 4. The molecule has 0 aromatic carbocycles. The Kier molecular flexibility index (Phi) is 3.89. The lowest BCUT2D eigenvalue weighted by Gasteiger charge is -2.03. The molecule has 0 saturated heterocycles. The van der Waals surface area contributed by atoms with Gasteiger partial charge in [0, 0.05) is 0 Å². The molecular weight excluding hydrogens is 152 g/mol. The number of hydrogen-bond donors (Lipinski definition) is 1. The molecule has 0 aliphatic rings. The summed E-state index contributed by atoms with van der Waals surface area (Å²) in [4.78, 5) is 0. The SMILES string of the molecule is CCC(C)C[CH]S(=O)(=O)O. The van der Waals surface area contributed by atoms with E-state index in [0.29, 0.717) is 12.3 Å². The summed E-state index contributed by atoms with van der Waals surface area (Å²) < 4.78 is 28.6. The molecule has 1 N–H and O–H groups in total. The van der Waals surface area contributed by atoms with Crippen LogP contribution in [0.3, 0.4) is 0 Å². The summed E-state index contributed by atoms with van der Waals surface area (Å²) in [6.45, 7) is 3.91. The molecule has 0 aromatic rings. The van der Waals surface area contributed by atoms with E-state index in [9.17, 15) is 8.42 Å². The van der Waals surface area contributed by atoms with Crippen LogP contribution >= 0.6 is 0 Å². The fourth-order valence-corrected chi connectivity index (χ4v) is 1.02. The molecule has 0 aliphatic heterocycles. The van der Waals surface area contributed by atoms with E-state index in [2.05, 4.69) is 0 Å². The molecule has 61 valence electrons. The van der Waals surface area contributed by atoms with Crippen molar-refractivity contribution in [2.24, 2.45) is 5.92 Å². The monoisotopic (exact) mass is 165 g/mol. The van der Waals surface area contributed by atoms with E-state index in [1.54, 1.807) is 0 Å². The predicted octanol–water partition coefficient (Wildman–Crippen LogP) is 1.47. The first-order valence-corrected chi connectivity index (χ1v) is 4.76. The van der Waals surface area contributed by atoms with Gasteiger partial charge in [-0.15, -0.1) is 0 Å². The zero-order valence-corrected chi connectivity index (χ0v) is 7.06. The highest BCUT2D eigenvalue weighted by Gasteiger charge is 2.07. The van der Waals surface area contributed by atoms with Crippen LogP contribution < -0.4 is 0 Å². The van der Waals surface area contributed by atoms with Gasteiger partial charge in [-0.2, -0.15) is 8.42 Å². The van der Waals surface area contributed by atoms with Crippen LogP contribution in [0, 0.1) is 11.7 Å². The van der Waals surface area contributed by atoms with E-state index >= 15 is 0 Å². The largest absolute Gasteiger partial charge is 0.285 e. The average Bonchev–Trinajstić information content (AvgIpc) is 1.81. The first-order valence-electron chi connectivity index (χ1n) is 3.26. The number of hydrogen-bond acceptors (Lipinski definition) is 2. The minimum Gasteiger partial charge on any atom is -0.285 e. The third-order valence-electron chi connectivity index (χ3n) is 1.41. The maximum atomic E-state index is 10.2. The van der Waals surface area contributed by atoms with Crippen LogP contribution in [0.5, 0.6) is 0 Å². The lowest BCUT2D eigenvalue weighted by molar-refractivity contribution is 0.479. The van der Waals surface area contributed by atoms with E-state index in [4.69, 9.17) is 4.55 Å². The first-order chi connectivity index (χ1) is 4.45. The molecule has 1 radical (unpaired) electrons. The van der Waals surface area contributed by atoms with Crippen molar-refractivity contribution in [3.05, 3.63) is 5.75 Å². The van der Waals surface area contributed by atoms with Gasteiger partial charge in [-0.05, 0) is 12.3 Å². The van der Waals surface area contributed by atoms with E-state index in [1.165, 1.54) is 0 Å². The maximum Gasteiger partial charge on any atom is 0.269 e. The van der Waals surface area contributed by atoms with Crippen molar-refractivity contribution in [3.63, 3.8) is 0 Å². The van der Waals surface area contributed by atoms with E-state index in [-0.39, 0.29) is 0 Å². The molecule has 10 heavy (non-hydrogen) atoms. The molecule has 3 nitrogen and oxygen atoms in total. The van der Waals surface area contributed by atoms with Crippen LogP contribution in [0.25, 0.3) is 0 Å². The summed E-state index contributed by atoms with van der Waals surface area (Å²) >= 11 is 0. The van der Waals surface area contributed by atoms with Gasteiger partial charge in [0.05, 0.1) is 0 Å². The fraction of sp³-hybridized carbons (Fsp3) is 0.833. The second-order valence-electron chi connectivity index (χ2n) is 2.43. The Hall–Kier alpha value is -0.0900. The molecule has 0 amide bonds. The van der Waals surface area contributed by atoms with Crippen LogP contribution in [0.1, 0.15) is 26.7 Å². The summed E-state index contributed by atoms with van der Waals surface area (Å²) in [6.07, 6.45) is 1.35. The molecule has 4 heteroatoms. The average molecular weight is 165 g/mol. The quantitative estimate of drug-likeness (QED) is 0.642. The van der Waals surface area contributed by atoms with Gasteiger partial charge in [0.1, 0.15) is 5.75 Å². The standard InChI is InChI=1S/C6H13O3S/c1-3-6(2)4-5-10(7,8)9/h5-6H,3-4H2,1-2H3,(H,7,8,9). The summed E-state index contributed by atoms with van der Waals surface area (Å²) in [6, 6.07) is 0. The van der Waals surface area contributed by atoms with Crippen molar-refractivity contribution in [2.45, 2.75) is 26.7 Å². The smallest absolute Gasteiger partial charge is 0.269 e. The molecule has 1 atom stereocenters. The normalized spacial score (nSPS) is 15.1. The van der Waals surface area contributed by atoms with Gasteiger partial charge in [0.2, 0.25) is 0 Å². The zero-order chi connectivity index (χ0) is 8.20. The Morgan fingerprint density at radius 3 is 2.40 bits per heavy atom. The van der Waals surface area contributed by atoms with Crippen molar-refractivity contribution in [1.29, 1.82) is 0 Å². The highest BCUT2D eigenvalue weighted by Crippen LogP contribution is 2.10. The second-order valence-corrected chi connectivity index (χ2v) is 3.79. The van der Waals surface area contributed by atoms with E-state index in [1.807, 2.05) is 13.8 Å². The summed E-state index contributed by atoms with van der Waals surface area (Å²) in [5, 5.41) is 0. The lowest BCUT2D eigenvalue weighted by atomic mass is 10.1. The summed E-state index contributed by atoms with van der Waals surface area (Å²) in [7, 11) is -3.85. The molecule has 0 heterocycles. The third-order valence-corrected chi connectivity index (χ3v) is 2.02. The molecule has 0 aliphatic carbocycles. The maximum absolute atomic E-state index is 10.2. The Labute approximate surface area is 62.2 Å². The highest BCUT2D eigenvalue weighted by atomic mass is 32.2. The first kappa shape index (κ1) is 9.91. The zero-order valence-electron chi connectivity index (χ0n) is 6.24. The van der Waals surface area contributed by atoms with Crippen molar-refractivity contribution < 1.29 is 13.0 Å². The summed E-state index contributed by atoms with van der Waals surface area (Å²) in [5.74, 6) is 1.27. The molecular formula is C6H13O3S. The van der Waals surface area contributed by atoms with Gasteiger partial charge in [0.25, 0.3) is 10.1 Å². The molecule has 0 rings (SSSR count). The summed E-state index contributed by atoms with van der Waals surface area (Å²) in [5.41, 5.74) is 0. The molecule has 0 fully saturated rings. The van der Waals surface area contributed by atoms with Gasteiger partial charge in [-0.1, -0.05) is 20.3 Å².